The highest BCUT2D eigenvalue weighted by Gasteiger charge is 2.04. The maximum Gasteiger partial charge on any atom is 0.251 e. The predicted molar refractivity (Wildman–Crippen MR) is 109 cm³/mol. The summed E-state index contributed by atoms with van der Waals surface area (Å²) in [6.45, 7) is 0.652. The molecule has 0 radical (unpaired) electrons. The molecule has 28 heavy (non-hydrogen) atoms. The molecule has 1 aromatic heterocycles. The molecule has 0 spiro atoms. The summed E-state index contributed by atoms with van der Waals surface area (Å²) < 4.78 is 1.74. The van der Waals surface area contributed by atoms with E-state index >= 15 is 0 Å². The van der Waals surface area contributed by atoms with Crippen LogP contribution in [0.1, 0.15) is 15.9 Å². The van der Waals surface area contributed by atoms with Gasteiger partial charge in [-0.15, -0.1) is 0 Å². The van der Waals surface area contributed by atoms with Crippen molar-refractivity contribution >= 4 is 29.5 Å². The monoisotopic (exact) mass is 394 g/mol. The van der Waals surface area contributed by atoms with E-state index in [9.17, 15) is 9.59 Å². The number of nitrogens with zero attached hydrogens (tertiary/aromatic N) is 2. The zero-order valence-corrected chi connectivity index (χ0v) is 15.8. The van der Waals surface area contributed by atoms with Crippen molar-refractivity contribution in [2.45, 2.75) is 0 Å². The van der Waals surface area contributed by atoms with Crippen LogP contribution in [0, 0.1) is 0 Å². The molecule has 7 heteroatoms. The minimum Gasteiger partial charge on any atom is -0.351 e. The van der Waals surface area contributed by atoms with Gasteiger partial charge in [0.2, 0.25) is 5.91 Å². The highest BCUT2D eigenvalue weighted by atomic mass is 35.5. The Balaban J connectivity index is 1.41. The minimum atomic E-state index is -0.242. The lowest BCUT2D eigenvalue weighted by molar-refractivity contribution is -0.116. The molecule has 3 aromatic rings. The topological polar surface area (TPSA) is 76.0 Å². The van der Waals surface area contributed by atoms with E-state index in [1.165, 1.54) is 6.08 Å². The van der Waals surface area contributed by atoms with E-state index in [1.807, 2.05) is 36.5 Å². The summed E-state index contributed by atoms with van der Waals surface area (Å²) in [6.07, 6.45) is 6.65. The van der Waals surface area contributed by atoms with Crippen molar-refractivity contribution in [3.8, 4) is 5.69 Å². The van der Waals surface area contributed by atoms with Gasteiger partial charge in [-0.2, -0.15) is 5.10 Å². The first kappa shape index (κ1) is 19.4. The Labute approximate surface area is 167 Å². The van der Waals surface area contributed by atoms with Crippen molar-refractivity contribution in [1.82, 2.24) is 20.4 Å². The Morgan fingerprint density at radius 3 is 2.46 bits per heavy atom. The molecule has 0 unspecified atom stereocenters. The Morgan fingerprint density at radius 2 is 1.71 bits per heavy atom. The summed E-state index contributed by atoms with van der Waals surface area (Å²) in [6, 6.07) is 16.3. The summed E-state index contributed by atoms with van der Waals surface area (Å²) in [5.74, 6) is -0.456. The molecule has 0 atom stereocenters. The molecule has 0 aliphatic heterocycles. The number of benzene rings is 2. The average Bonchev–Trinajstić information content (AvgIpc) is 3.20. The Hall–Kier alpha value is -3.38. The van der Waals surface area contributed by atoms with Crippen LogP contribution in [0.3, 0.4) is 0 Å². The van der Waals surface area contributed by atoms with Crippen LogP contribution in [0.5, 0.6) is 0 Å². The fourth-order valence-electron chi connectivity index (χ4n) is 2.44. The first-order valence-electron chi connectivity index (χ1n) is 8.71. The first-order chi connectivity index (χ1) is 13.6. The SMILES string of the molecule is O=C(C=Cc1cnn(-c2ccccc2)c1)NCCNC(=O)c1ccc(Cl)cc1. The zero-order chi connectivity index (χ0) is 19.8. The summed E-state index contributed by atoms with van der Waals surface area (Å²) in [5.41, 5.74) is 2.28. The van der Waals surface area contributed by atoms with Crippen LogP contribution < -0.4 is 10.6 Å². The largest absolute Gasteiger partial charge is 0.351 e. The standard InChI is InChI=1S/C21H19ClN4O2/c22-18-9-7-17(8-10-18)21(28)24-13-12-23-20(27)11-6-16-14-25-26(15-16)19-4-2-1-3-5-19/h1-11,14-15H,12-13H2,(H,23,27)(H,24,28). The second-order valence-electron chi connectivity index (χ2n) is 5.94. The first-order valence-corrected chi connectivity index (χ1v) is 9.09. The smallest absolute Gasteiger partial charge is 0.251 e. The molecule has 0 saturated heterocycles. The lowest BCUT2D eigenvalue weighted by Gasteiger charge is -2.05. The van der Waals surface area contributed by atoms with Crippen LogP contribution in [0.4, 0.5) is 0 Å². The summed E-state index contributed by atoms with van der Waals surface area (Å²) in [7, 11) is 0. The maximum absolute atomic E-state index is 11.9. The Kier molecular flexibility index (Phi) is 6.59. The van der Waals surface area contributed by atoms with E-state index in [0.717, 1.165) is 11.3 Å². The molecular formula is C21H19ClN4O2. The number of nitrogens with one attached hydrogen (secondary N) is 2. The fraction of sp³-hybridized carbons (Fsp3) is 0.0952. The van der Waals surface area contributed by atoms with Crippen molar-refractivity contribution in [3.63, 3.8) is 0 Å². The number of carbonyl (C=O) groups is 2. The molecule has 0 saturated carbocycles. The summed E-state index contributed by atoms with van der Waals surface area (Å²) >= 11 is 5.79. The minimum absolute atomic E-state index is 0.213. The van der Waals surface area contributed by atoms with Gasteiger partial charge in [-0.05, 0) is 42.5 Å². The molecular weight excluding hydrogens is 376 g/mol. The zero-order valence-electron chi connectivity index (χ0n) is 15.0. The van der Waals surface area contributed by atoms with Gasteiger partial charge in [0.15, 0.2) is 0 Å². The van der Waals surface area contributed by atoms with E-state index in [0.29, 0.717) is 23.7 Å². The third-order valence-corrected chi connectivity index (χ3v) is 4.12. The van der Waals surface area contributed by atoms with Gasteiger partial charge in [0.05, 0.1) is 11.9 Å². The second-order valence-corrected chi connectivity index (χ2v) is 6.38. The number of hydrogen-bond donors (Lipinski definition) is 2. The van der Waals surface area contributed by atoms with Gasteiger partial charge in [0, 0.05) is 41.5 Å². The van der Waals surface area contributed by atoms with E-state index in [2.05, 4.69) is 15.7 Å². The normalized spacial score (nSPS) is 10.8. The van der Waals surface area contributed by atoms with Crippen molar-refractivity contribution in [3.05, 3.63) is 89.2 Å². The van der Waals surface area contributed by atoms with Gasteiger partial charge in [-0.3, -0.25) is 9.59 Å². The van der Waals surface area contributed by atoms with Gasteiger partial charge in [-0.25, -0.2) is 4.68 Å². The third kappa shape index (κ3) is 5.56. The molecule has 3 rings (SSSR count). The van der Waals surface area contributed by atoms with Crippen LogP contribution in [0.15, 0.2) is 73.1 Å². The van der Waals surface area contributed by atoms with Crippen LogP contribution in [-0.4, -0.2) is 34.7 Å². The predicted octanol–water partition coefficient (Wildman–Crippen LogP) is 3.09. The van der Waals surface area contributed by atoms with Crippen LogP contribution in [0.2, 0.25) is 5.02 Å². The third-order valence-electron chi connectivity index (χ3n) is 3.87. The molecule has 0 aliphatic rings. The van der Waals surface area contributed by atoms with E-state index < -0.39 is 0 Å². The van der Waals surface area contributed by atoms with Gasteiger partial charge in [0.25, 0.3) is 5.91 Å². The number of aromatic nitrogens is 2. The fourth-order valence-corrected chi connectivity index (χ4v) is 2.57. The van der Waals surface area contributed by atoms with Gasteiger partial charge in [0.1, 0.15) is 0 Å². The van der Waals surface area contributed by atoms with E-state index in [-0.39, 0.29) is 11.8 Å². The van der Waals surface area contributed by atoms with Gasteiger partial charge >= 0.3 is 0 Å². The van der Waals surface area contributed by atoms with Crippen molar-refractivity contribution in [2.24, 2.45) is 0 Å². The number of carbonyl (C=O) groups excluding carboxylic acids is 2. The lowest BCUT2D eigenvalue weighted by atomic mass is 10.2. The van der Waals surface area contributed by atoms with Gasteiger partial charge in [-0.1, -0.05) is 29.8 Å². The number of amides is 2. The van der Waals surface area contributed by atoms with Crippen LogP contribution in [-0.2, 0) is 4.79 Å². The molecule has 2 amide bonds. The van der Waals surface area contributed by atoms with Crippen molar-refractivity contribution < 1.29 is 9.59 Å². The highest BCUT2D eigenvalue weighted by molar-refractivity contribution is 6.30. The van der Waals surface area contributed by atoms with Crippen molar-refractivity contribution in [2.75, 3.05) is 13.1 Å². The molecule has 6 nitrogen and oxygen atoms in total. The lowest BCUT2D eigenvalue weighted by Crippen LogP contribution is -2.33. The molecule has 0 fully saturated rings. The molecule has 0 bridgehead atoms. The average molecular weight is 395 g/mol. The van der Waals surface area contributed by atoms with Gasteiger partial charge < -0.3 is 10.6 Å². The highest BCUT2D eigenvalue weighted by Crippen LogP contribution is 2.09. The van der Waals surface area contributed by atoms with Crippen LogP contribution >= 0.6 is 11.6 Å². The summed E-state index contributed by atoms with van der Waals surface area (Å²) in [5, 5.41) is 10.3. The quantitative estimate of drug-likeness (QED) is 0.477. The Bertz CT molecular complexity index is 966. The van der Waals surface area contributed by atoms with E-state index in [4.69, 9.17) is 11.6 Å². The molecule has 0 aliphatic carbocycles. The van der Waals surface area contributed by atoms with E-state index in [1.54, 1.807) is 41.2 Å². The number of halogens is 1. The van der Waals surface area contributed by atoms with Crippen molar-refractivity contribution in [1.29, 1.82) is 0 Å². The molecule has 1 heterocycles. The summed E-state index contributed by atoms with van der Waals surface area (Å²) in [4.78, 5) is 23.8. The van der Waals surface area contributed by atoms with Crippen LogP contribution in [0.25, 0.3) is 11.8 Å². The number of para-hydroxylation sites is 1. The maximum atomic E-state index is 11.9. The Morgan fingerprint density at radius 1 is 1.00 bits per heavy atom. The molecule has 2 aromatic carbocycles. The second kappa shape index (κ2) is 9.53. The number of hydrogen-bond acceptors (Lipinski definition) is 3. The number of rotatable bonds is 7. The molecule has 142 valence electrons. The molecule has 2 N–H and O–H groups in total.